The van der Waals surface area contributed by atoms with E-state index < -0.39 is 9.84 Å². The number of halogens is 1. The summed E-state index contributed by atoms with van der Waals surface area (Å²) >= 11 is 0. The molecule has 1 aliphatic heterocycles. The van der Waals surface area contributed by atoms with E-state index in [1.54, 1.807) is 49.6 Å². The molecule has 0 aliphatic carbocycles. The molecule has 28 heavy (non-hydrogen) atoms. The summed E-state index contributed by atoms with van der Waals surface area (Å²) in [4.78, 5) is 10.5. The van der Waals surface area contributed by atoms with Gasteiger partial charge in [0, 0.05) is 38.9 Å². The molecule has 150 valence electrons. The first kappa shape index (κ1) is 20.1. The molecular formula is C19H24FN5O2S. The van der Waals surface area contributed by atoms with Crippen molar-refractivity contribution >= 4 is 21.6 Å². The summed E-state index contributed by atoms with van der Waals surface area (Å²) < 4.78 is 38.6. The first-order chi connectivity index (χ1) is 13.5. The maximum Gasteiger partial charge on any atom is 0.191 e. The Balaban J connectivity index is 1.50. The lowest BCUT2D eigenvalue weighted by atomic mass is 10.3. The van der Waals surface area contributed by atoms with Gasteiger partial charge in [0.1, 0.15) is 0 Å². The summed E-state index contributed by atoms with van der Waals surface area (Å²) in [6.45, 7) is 1.52. The van der Waals surface area contributed by atoms with Crippen LogP contribution in [-0.2, 0) is 9.84 Å². The van der Waals surface area contributed by atoms with E-state index >= 15 is 0 Å². The molecular weight excluding hydrogens is 381 g/mol. The van der Waals surface area contributed by atoms with Gasteiger partial charge < -0.3 is 15.5 Å². The average molecular weight is 405 g/mol. The summed E-state index contributed by atoms with van der Waals surface area (Å²) in [7, 11) is -1.71. The summed E-state index contributed by atoms with van der Waals surface area (Å²) in [5, 5.41) is 6.30. The van der Waals surface area contributed by atoms with Gasteiger partial charge in [0.25, 0.3) is 0 Å². The lowest BCUT2D eigenvalue weighted by molar-refractivity contribution is 0.594. The highest BCUT2D eigenvalue weighted by Crippen LogP contribution is 2.20. The standard InChI is InChI=1S/C19H24FN5O2S/c1-21-19(23-11-13-28(26,27)16-6-3-2-4-7-16)24-15-9-12-25(14-15)18-17(20)8-5-10-22-18/h2-8,10,15H,9,11-14H2,1H3,(H2,21,23,24). The maximum atomic E-state index is 13.9. The van der Waals surface area contributed by atoms with Crippen molar-refractivity contribution in [2.45, 2.75) is 17.4 Å². The van der Waals surface area contributed by atoms with Crippen LogP contribution in [0.2, 0.25) is 0 Å². The van der Waals surface area contributed by atoms with E-state index in [1.807, 2.05) is 4.90 Å². The van der Waals surface area contributed by atoms with Gasteiger partial charge in [-0.1, -0.05) is 18.2 Å². The smallest absolute Gasteiger partial charge is 0.191 e. The number of sulfone groups is 1. The summed E-state index contributed by atoms with van der Waals surface area (Å²) in [6, 6.07) is 11.4. The zero-order chi connectivity index (χ0) is 20.0. The van der Waals surface area contributed by atoms with E-state index in [-0.39, 0.29) is 24.2 Å². The third-order valence-corrected chi connectivity index (χ3v) is 6.29. The molecule has 1 aliphatic rings. The van der Waals surface area contributed by atoms with E-state index in [0.717, 1.165) is 6.42 Å². The number of hydrogen-bond donors (Lipinski definition) is 2. The Hall–Kier alpha value is -2.68. The number of rotatable bonds is 6. The Morgan fingerprint density at radius 3 is 2.79 bits per heavy atom. The van der Waals surface area contributed by atoms with Crippen LogP contribution < -0.4 is 15.5 Å². The molecule has 7 nitrogen and oxygen atoms in total. The fraction of sp³-hybridized carbons (Fsp3) is 0.368. The number of hydrogen-bond acceptors (Lipinski definition) is 5. The van der Waals surface area contributed by atoms with Crippen molar-refractivity contribution in [3.8, 4) is 0 Å². The van der Waals surface area contributed by atoms with Crippen molar-refractivity contribution < 1.29 is 12.8 Å². The summed E-state index contributed by atoms with van der Waals surface area (Å²) in [5.74, 6) is 0.505. The number of guanidine groups is 1. The second-order valence-corrected chi connectivity index (χ2v) is 8.62. The minimum Gasteiger partial charge on any atom is -0.355 e. The molecule has 0 radical (unpaired) electrons. The number of nitrogens with zero attached hydrogens (tertiary/aromatic N) is 3. The Bertz CT molecular complexity index is 921. The molecule has 2 aromatic rings. The third kappa shape index (κ3) is 4.98. The molecule has 0 spiro atoms. The van der Waals surface area contributed by atoms with Crippen molar-refractivity contribution in [2.24, 2.45) is 4.99 Å². The van der Waals surface area contributed by atoms with Gasteiger partial charge in [-0.05, 0) is 30.7 Å². The quantitative estimate of drug-likeness (QED) is 0.559. The van der Waals surface area contributed by atoms with Crippen LogP contribution in [0.25, 0.3) is 0 Å². The lowest BCUT2D eigenvalue weighted by Crippen LogP contribution is -2.45. The highest BCUT2D eigenvalue weighted by Gasteiger charge is 2.26. The van der Waals surface area contributed by atoms with Crippen LogP contribution >= 0.6 is 0 Å². The third-order valence-electron chi connectivity index (χ3n) is 4.56. The SMILES string of the molecule is CN=C(NCCS(=O)(=O)c1ccccc1)NC1CCN(c2ncccc2F)C1. The van der Waals surface area contributed by atoms with E-state index in [4.69, 9.17) is 0 Å². The fourth-order valence-corrected chi connectivity index (χ4v) is 4.30. The predicted octanol–water partition coefficient (Wildman–Crippen LogP) is 1.44. The molecule has 9 heteroatoms. The van der Waals surface area contributed by atoms with Crippen molar-refractivity contribution in [3.05, 3.63) is 54.5 Å². The van der Waals surface area contributed by atoms with Gasteiger partial charge in [-0.25, -0.2) is 17.8 Å². The van der Waals surface area contributed by atoms with Gasteiger partial charge in [0.05, 0.1) is 10.6 Å². The monoisotopic (exact) mass is 405 g/mol. The zero-order valence-electron chi connectivity index (χ0n) is 15.7. The number of nitrogens with one attached hydrogen (secondary N) is 2. The molecule has 2 N–H and O–H groups in total. The van der Waals surface area contributed by atoms with Crippen molar-refractivity contribution in [1.29, 1.82) is 0 Å². The molecule has 1 unspecified atom stereocenters. The number of aromatic nitrogens is 1. The van der Waals surface area contributed by atoms with Crippen LogP contribution in [0, 0.1) is 5.82 Å². The van der Waals surface area contributed by atoms with Gasteiger partial charge in [-0.15, -0.1) is 0 Å². The first-order valence-electron chi connectivity index (χ1n) is 9.10. The van der Waals surface area contributed by atoms with Crippen molar-refractivity contribution in [2.75, 3.05) is 37.3 Å². The number of anilines is 1. The first-order valence-corrected chi connectivity index (χ1v) is 10.8. The minimum atomic E-state index is -3.34. The Morgan fingerprint density at radius 2 is 2.07 bits per heavy atom. The number of aliphatic imine (C=N–C) groups is 1. The zero-order valence-corrected chi connectivity index (χ0v) is 16.5. The second-order valence-electron chi connectivity index (χ2n) is 6.52. The van der Waals surface area contributed by atoms with Gasteiger partial charge in [0.15, 0.2) is 27.4 Å². The molecule has 1 atom stereocenters. The van der Waals surface area contributed by atoms with E-state index in [9.17, 15) is 12.8 Å². The molecule has 1 fully saturated rings. The number of benzene rings is 1. The Morgan fingerprint density at radius 1 is 1.29 bits per heavy atom. The maximum absolute atomic E-state index is 13.9. The van der Waals surface area contributed by atoms with Crippen LogP contribution in [0.1, 0.15) is 6.42 Å². The fourth-order valence-electron chi connectivity index (χ4n) is 3.12. The Labute approximate surface area is 164 Å². The minimum absolute atomic E-state index is 0.0341. The summed E-state index contributed by atoms with van der Waals surface area (Å²) in [6.07, 6.45) is 2.38. The lowest BCUT2D eigenvalue weighted by Gasteiger charge is -2.20. The van der Waals surface area contributed by atoms with Crippen LogP contribution in [-0.4, -0.2) is 57.8 Å². The van der Waals surface area contributed by atoms with E-state index in [1.165, 1.54) is 6.07 Å². The number of pyridine rings is 1. The largest absolute Gasteiger partial charge is 0.355 e. The molecule has 2 heterocycles. The van der Waals surface area contributed by atoms with Gasteiger partial charge in [0.2, 0.25) is 0 Å². The van der Waals surface area contributed by atoms with Crippen LogP contribution in [0.5, 0.6) is 0 Å². The molecule has 0 amide bonds. The Kier molecular flexibility index (Phi) is 6.45. The van der Waals surface area contributed by atoms with Crippen LogP contribution in [0.3, 0.4) is 0 Å². The van der Waals surface area contributed by atoms with Crippen LogP contribution in [0.15, 0.2) is 58.5 Å². The normalized spacial score (nSPS) is 17.6. The molecule has 1 aromatic carbocycles. The molecule has 0 bridgehead atoms. The highest BCUT2D eigenvalue weighted by atomic mass is 32.2. The molecule has 1 aromatic heterocycles. The van der Waals surface area contributed by atoms with Crippen molar-refractivity contribution in [1.82, 2.24) is 15.6 Å². The summed E-state index contributed by atoms with van der Waals surface area (Å²) in [5.41, 5.74) is 0. The predicted molar refractivity (Wildman–Crippen MR) is 108 cm³/mol. The van der Waals surface area contributed by atoms with E-state index in [2.05, 4.69) is 20.6 Å². The van der Waals surface area contributed by atoms with Crippen LogP contribution in [0.4, 0.5) is 10.2 Å². The average Bonchev–Trinajstić information content (AvgIpc) is 3.16. The molecule has 3 rings (SSSR count). The van der Waals surface area contributed by atoms with Gasteiger partial charge >= 0.3 is 0 Å². The molecule has 1 saturated heterocycles. The van der Waals surface area contributed by atoms with Crippen molar-refractivity contribution in [3.63, 3.8) is 0 Å². The highest BCUT2D eigenvalue weighted by molar-refractivity contribution is 7.91. The molecule has 0 saturated carbocycles. The topological polar surface area (TPSA) is 86.7 Å². The second kappa shape index (κ2) is 9.01. The van der Waals surface area contributed by atoms with Gasteiger partial charge in [-0.2, -0.15) is 0 Å². The van der Waals surface area contributed by atoms with E-state index in [0.29, 0.717) is 29.8 Å². The van der Waals surface area contributed by atoms with Gasteiger partial charge in [-0.3, -0.25) is 4.99 Å².